The molecule has 2 aromatic carbocycles. The maximum atomic E-state index is 12.3. The average Bonchev–Trinajstić information content (AvgIpc) is 3.20. The highest BCUT2D eigenvalue weighted by atomic mass is 32.2. The molecule has 9 nitrogen and oxygen atoms in total. The molecule has 0 aliphatic rings. The normalized spacial score (nSPS) is 10.4. The van der Waals surface area contributed by atoms with Crippen molar-refractivity contribution in [3.05, 3.63) is 48.0 Å². The van der Waals surface area contributed by atoms with E-state index in [9.17, 15) is 9.59 Å². The molecule has 0 unspecified atom stereocenters. The minimum absolute atomic E-state index is 0.0663. The van der Waals surface area contributed by atoms with Gasteiger partial charge in [-0.2, -0.15) is 4.68 Å². The van der Waals surface area contributed by atoms with Gasteiger partial charge in [0, 0.05) is 29.4 Å². The SMILES string of the molecule is COc1cc(OC)cc(-n2nnnc2SCC(=O)Nc2cccc(C(C)=O)c2)c1. The van der Waals surface area contributed by atoms with Crippen molar-refractivity contribution in [2.75, 3.05) is 25.3 Å². The van der Waals surface area contributed by atoms with Crippen LogP contribution in [0.2, 0.25) is 0 Å². The van der Waals surface area contributed by atoms with Crippen molar-refractivity contribution in [1.82, 2.24) is 20.2 Å². The number of amides is 1. The number of aromatic nitrogens is 4. The monoisotopic (exact) mass is 413 g/mol. The number of anilines is 1. The average molecular weight is 413 g/mol. The smallest absolute Gasteiger partial charge is 0.234 e. The number of tetrazole rings is 1. The Hall–Kier alpha value is -3.40. The van der Waals surface area contributed by atoms with Crippen molar-refractivity contribution in [3.8, 4) is 17.2 Å². The molecule has 1 aromatic heterocycles. The second kappa shape index (κ2) is 9.20. The number of methoxy groups -OCH3 is 2. The van der Waals surface area contributed by atoms with Gasteiger partial charge in [0.1, 0.15) is 11.5 Å². The van der Waals surface area contributed by atoms with Gasteiger partial charge in [0.15, 0.2) is 5.78 Å². The van der Waals surface area contributed by atoms with E-state index < -0.39 is 0 Å². The largest absolute Gasteiger partial charge is 0.497 e. The Morgan fingerprint density at radius 2 is 1.83 bits per heavy atom. The maximum absolute atomic E-state index is 12.3. The number of Topliss-reactive ketones (excluding diaryl/α,β-unsaturated/α-hetero) is 1. The number of ether oxygens (including phenoxy) is 2. The van der Waals surface area contributed by atoms with E-state index in [0.29, 0.717) is 33.6 Å². The van der Waals surface area contributed by atoms with E-state index >= 15 is 0 Å². The van der Waals surface area contributed by atoms with Gasteiger partial charge in [-0.3, -0.25) is 9.59 Å². The summed E-state index contributed by atoms with van der Waals surface area (Å²) < 4.78 is 12.0. The molecular formula is C19H19N5O4S. The van der Waals surface area contributed by atoms with Crippen LogP contribution in [0, 0.1) is 0 Å². The summed E-state index contributed by atoms with van der Waals surface area (Å²) in [4.78, 5) is 23.8. The van der Waals surface area contributed by atoms with Crippen LogP contribution in [0.15, 0.2) is 47.6 Å². The molecule has 0 aliphatic heterocycles. The van der Waals surface area contributed by atoms with E-state index in [2.05, 4.69) is 20.8 Å². The summed E-state index contributed by atoms with van der Waals surface area (Å²) >= 11 is 1.18. The Morgan fingerprint density at radius 3 is 2.48 bits per heavy atom. The van der Waals surface area contributed by atoms with Gasteiger partial charge >= 0.3 is 0 Å². The first-order valence-corrected chi connectivity index (χ1v) is 9.54. The summed E-state index contributed by atoms with van der Waals surface area (Å²) in [6.45, 7) is 1.48. The number of carbonyl (C=O) groups is 2. The predicted molar refractivity (Wildman–Crippen MR) is 108 cm³/mol. The highest BCUT2D eigenvalue weighted by molar-refractivity contribution is 7.99. The highest BCUT2D eigenvalue weighted by Gasteiger charge is 2.14. The molecule has 10 heteroatoms. The fourth-order valence-corrected chi connectivity index (χ4v) is 3.18. The number of nitrogens with one attached hydrogen (secondary N) is 1. The minimum atomic E-state index is -0.242. The van der Waals surface area contributed by atoms with E-state index in [4.69, 9.17) is 9.47 Å². The molecule has 0 aliphatic carbocycles. The predicted octanol–water partition coefficient (Wildman–Crippen LogP) is 2.61. The number of carbonyl (C=O) groups excluding carboxylic acids is 2. The summed E-state index contributed by atoms with van der Waals surface area (Å²) in [6.07, 6.45) is 0. The zero-order valence-corrected chi connectivity index (χ0v) is 16.9. The minimum Gasteiger partial charge on any atom is -0.497 e. The molecule has 3 rings (SSSR count). The van der Waals surface area contributed by atoms with Gasteiger partial charge in [0.2, 0.25) is 11.1 Å². The summed E-state index contributed by atoms with van der Waals surface area (Å²) in [6, 6.07) is 12.0. The molecule has 0 saturated carbocycles. The quantitative estimate of drug-likeness (QED) is 0.443. The van der Waals surface area contributed by atoms with Gasteiger partial charge in [-0.1, -0.05) is 23.9 Å². The summed E-state index contributed by atoms with van der Waals surface area (Å²) in [5.41, 5.74) is 1.73. The van der Waals surface area contributed by atoms with Crippen LogP contribution in [0.4, 0.5) is 5.69 Å². The Balaban J connectivity index is 1.70. The van der Waals surface area contributed by atoms with Crippen molar-refractivity contribution in [1.29, 1.82) is 0 Å². The zero-order valence-electron chi connectivity index (χ0n) is 16.1. The molecule has 0 fully saturated rings. The Morgan fingerprint density at radius 1 is 1.10 bits per heavy atom. The fourth-order valence-electron chi connectivity index (χ4n) is 2.49. The van der Waals surface area contributed by atoms with Crippen LogP contribution in [0.25, 0.3) is 5.69 Å². The number of hydrogen-bond acceptors (Lipinski definition) is 8. The van der Waals surface area contributed by atoms with Crippen LogP contribution < -0.4 is 14.8 Å². The first-order valence-electron chi connectivity index (χ1n) is 8.55. The van der Waals surface area contributed by atoms with Crippen molar-refractivity contribution in [2.24, 2.45) is 0 Å². The lowest BCUT2D eigenvalue weighted by atomic mass is 10.1. The third kappa shape index (κ3) is 5.11. The maximum Gasteiger partial charge on any atom is 0.234 e. The molecule has 0 radical (unpaired) electrons. The molecular weight excluding hydrogens is 394 g/mol. The summed E-state index contributed by atoms with van der Waals surface area (Å²) in [5.74, 6) is 0.964. The van der Waals surface area contributed by atoms with Crippen molar-refractivity contribution < 1.29 is 19.1 Å². The number of thioether (sulfide) groups is 1. The zero-order chi connectivity index (χ0) is 20.8. The standard InChI is InChI=1S/C19H19N5O4S/c1-12(25)13-5-4-6-14(7-13)20-18(26)11-29-19-21-22-23-24(19)15-8-16(27-2)10-17(9-15)28-3/h4-10H,11H2,1-3H3,(H,20,26). The molecule has 1 N–H and O–H groups in total. The summed E-state index contributed by atoms with van der Waals surface area (Å²) in [7, 11) is 3.11. The number of hydrogen-bond donors (Lipinski definition) is 1. The molecule has 3 aromatic rings. The molecule has 0 atom stereocenters. The highest BCUT2D eigenvalue weighted by Crippen LogP contribution is 2.27. The molecule has 150 valence electrons. The second-order valence-electron chi connectivity index (χ2n) is 5.92. The van der Waals surface area contributed by atoms with Crippen molar-refractivity contribution >= 4 is 29.1 Å². The Kier molecular flexibility index (Phi) is 6.45. The van der Waals surface area contributed by atoms with Crippen LogP contribution in [-0.2, 0) is 4.79 Å². The Bertz CT molecular complexity index is 1010. The van der Waals surface area contributed by atoms with Crippen LogP contribution in [0.3, 0.4) is 0 Å². The molecule has 1 amide bonds. The topological polar surface area (TPSA) is 108 Å². The van der Waals surface area contributed by atoms with Crippen LogP contribution in [-0.4, -0.2) is 51.9 Å². The van der Waals surface area contributed by atoms with E-state index in [1.165, 1.54) is 23.4 Å². The lowest BCUT2D eigenvalue weighted by Gasteiger charge is -2.09. The third-order valence-electron chi connectivity index (χ3n) is 3.91. The first kappa shape index (κ1) is 20.3. The number of ketones is 1. The molecule has 0 saturated heterocycles. The van der Waals surface area contributed by atoms with Gasteiger partial charge in [-0.15, -0.1) is 5.10 Å². The molecule has 29 heavy (non-hydrogen) atoms. The molecule has 1 heterocycles. The fraction of sp³-hybridized carbons (Fsp3) is 0.211. The van der Waals surface area contributed by atoms with E-state index in [1.807, 2.05) is 0 Å². The Labute approximate surface area is 171 Å². The summed E-state index contributed by atoms with van der Waals surface area (Å²) in [5, 5.41) is 14.9. The first-order chi connectivity index (χ1) is 14.0. The van der Waals surface area contributed by atoms with Crippen molar-refractivity contribution in [3.63, 3.8) is 0 Å². The van der Waals surface area contributed by atoms with Crippen LogP contribution >= 0.6 is 11.8 Å². The lowest BCUT2D eigenvalue weighted by Crippen LogP contribution is -2.15. The van der Waals surface area contributed by atoms with E-state index in [1.54, 1.807) is 56.7 Å². The second-order valence-corrected chi connectivity index (χ2v) is 6.86. The van der Waals surface area contributed by atoms with Gasteiger partial charge in [0.25, 0.3) is 0 Å². The number of benzene rings is 2. The number of rotatable bonds is 8. The van der Waals surface area contributed by atoms with Crippen molar-refractivity contribution in [2.45, 2.75) is 12.1 Å². The lowest BCUT2D eigenvalue weighted by molar-refractivity contribution is -0.113. The number of nitrogens with zero attached hydrogens (tertiary/aromatic N) is 4. The van der Waals surface area contributed by atoms with Crippen LogP contribution in [0.1, 0.15) is 17.3 Å². The van der Waals surface area contributed by atoms with E-state index in [-0.39, 0.29) is 17.4 Å². The van der Waals surface area contributed by atoms with Crippen LogP contribution in [0.5, 0.6) is 11.5 Å². The third-order valence-corrected chi connectivity index (χ3v) is 4.83. The van der Waals surface area contributed by atoms with E-state index in [0.717, 1.165) is 0 Å². The molecule has 0 bridgehead atoms. The van der Waals surface area contributed by atoms with Gasteiger partial charge in [0.05, 0.1) is 25.7 Å². The van der Waals surface area contributed by atoms with Gasteiger partial charge in [-0.05, 0) is 29.5 Å². The van der Waals surface area contributed by atoms with Gasteiger partial charge in [-0.25, -0.2) is 0 Å². The molecule has 0 spiro atoms. The van der Waals surface area contributed by atoms with Gasteiger partial charge < -0.3 is 14.8 Å².